The van der Waals surface area contributed by atoms with E-state index in [-0.39, 0.29) is 17.5 Å². The summed E-state index contributed by atoms with van der Waals surface area (Å²) < 4.78 is 37.1. The number of alkyl halides is 3. The smallest absolute Gasteiger partial charge is 0.368 e. The highest BCUT2D eigenvalue weighted by Crippen LogP contribution is 2.28. The Hall–Kier alpha value is -1.57. The van der Waals surface area contributed by atoms with Crippen LogP contribution in [0.4, 0.5) is 19.0 Å². The molecule has 1 rings (SSSR count). The fourth-order valence-corrected chi connectivity index (χ4v) is 1.22. The maximum atomic E-state index is 12.4. The largest absolute Gasteiger partial charge is 0.451 e. The van der Waals surface area contributed by atoms with Gasteiger partial charge in [-0.25, -0.2) is 9.97 Å². The third-order valence-electron chi connectivity index (χ3n) is 1.72. The first-order chi connectivity index (χ1) is 7.70. The zero-order valence-electron chi connectivity index (χ0n) is 8.62. The number of primary amides is 1. The normalized spacial score (nSPS) is 11.4. The molecule has 1 amide bonds. The van der Waals surface area contributed by atoms with E-state index in [2.05, 4.69) is 9.97 Å². The number of nitrogens with zero attached hydrogens (tertiary/aromatic N) is 3. The van der Waals surface area contributed by atoms with E-state index >= 15 is 0 Å². The molecule has 9 heteroatoms. The Balaban J connectivity index is 3.09. The average molecular weight is 269 g/mol. The van der Waals surface area contributed by atoms with Crippen LogP contribution in [0.2, 0.25) is 5.15 Å². The first-order valence-corrected chi connectivity index (χ1v) is 4.69. The number of aromatic nitrogens is 2. The highest BCUT2D eigenvalue weighted by Gasteiger charge is 2.35. The molecule has 1 heterocycles. The number of anilines is 1. The Morgan fingerprint density at radius 2 is 2.12 bits per heavy atom. The number of rotatable bonds is 3. The molecule has 1 aromatic rings. The molecular formula is C8H8ClF3N4O. The monoisotopic (exact) mass is 268 g/mol. The van der Waals surface area contributed by atoms with Crippen molar-refractivity contribution < 1.29 is 18.0 Å². The standard InChI is InChI=1S/C8H8ClF3N4O/c1-16(3-5(13)17)6-2-4(9)14-7(15-6)8(10,11)12/h2H,3H2,1H3,(H2,13,17). The van der Waals surface area contributed by atoms with Crippen molar-refractivity contribution >= 4 is 23.3 Å². The summed E-state index contributed by atoms with van der Waals surface area (Å²) in [5.41, 5.74) is 4.91. The number of amides is 1. The topological polar surface area (TPSA) is 72.1 Å². The quantitative estimate of drug-likeness (QED) is 0.833. The molecule has 0 aliphatic rings. The van der Waals surface area contributed by atoms with Crippen molar-refractivity contribution in [2.45, 2.75) is 6.18 Å². The maximum absolute atomic E-state index is 12.4. The van der Waals surface area contributed by atoms with Gasteiger partial charge in [0.2, 0.25) is 11.7 Å². The van der Waals surface area contributed by atoms with Gasteiger partial charge in [0.05, 0.1) is 6.54 Å². The first kappa shape index (κ1) is 13.5. The van der Waals surface area contributed by atoms with E-state index < -0.39 is 17.9 Å². The van der Waals surface area contributed by atoms with Gasteiger partial charge < -0.3 is 10.6 Å². The SMILES string of the molecule is CN(CC(N)=O)c1cc(Cl)nc(C(F)(F)F)n1. The highest BCUT2D eigenvalue weighted by molar-refractivity contribution is 6.29. The number of hydrogen-bond acceptors (Lipinski definition) is 4. The van der Waals surface area contributed by atoms with Crippen molar-refractivity contribution in [3.8, 4) is 0 Å². The zero-order chi connectivity index (χ0) is 13.2. The molecule has 0 spiro atoms. The third-order valence-corrected chi connectivity index (χ3v) is 1.91. The Labute approximate surface area is 99.4 Å². The van der Waals surface area contributed by atoms with Gasteiger partial charge in [-0.1, -0.05) is 11.6 Å². The molecule has 0 saturated heterocycles. The Bertz CT molecular complexity index is 437. The Morgan fingerprint density at radius 3 is 2.59 bits per heavy atom. The predicted octanol–water partition coefficient (Wildman–Crippen LogP) is 1.07. The van der Waals surface area contributed by atoms with Crippen LogP contribution in [0.15, 0.2) is 6.07 Å². The summed E-state index contributed by atoms with van der Waals surface area (Å²) in [5.74, 6) is -2.19. The van der Waals surface area contributed by atoms with Crippen molar-refractivity contribution in [2.75, 3.05) is 18.5 Å². The third kappa shape index (κ3) is 3.74. The van der Waals surface area contributed by atoms with Crippen molar-refractivity contribution in [1.82, 2.24) is 9.97 Å². The van der Waals surface area contributed by atoms with Crippen molar-refractivity contribution in [2.24, 2.45) is 5.73 Å². The van der Waals surface area contributed by atoms with E-state index in [0.29, 0.717) is 0 Å². The van der Waals surface area contributed by atoms with Crippen LogP contribution in [0.25, 0.3) is 0 Å². The zero-order valence-corrected chi connectivity index (χ0v) is 9.38. The molecule has 0 radical (unpaired) electrons. The number of hydrogen-bond donors (Lipinski definition) is 1. The molecule has 94 valence electrons. The molecule has 2 N–H and O–H groups in total. The van der Waals surface area contributed by atoms with Gasteiger partial charge in [0, 0.05) is 13.1 Å². The first-order valence-electron chi connectivity index (χ1n) is 4.31. The lowest BCUT2D eigenvalue weighted by Gasteiger charge is -2.17. The van der Waals surface area contributed by atoms with E-state index in [1.165, 1.54) is 7.05 Å². The lowest BCUT2D eigenvalue weighted by atomic mass is 10.4. The van der Waals surface area contributed by atoms with Gasteiger partial charge in [0.25, 0.3) is 0 Å². The molecule has 0 unspecified atom stereocenters. The molecule has 0 saturated carbocycles. The van der Waals surface area contributed by atoms with Crippen LogP contribution < -0.4 is 10.6 Å². The number of carbonyl (C=O) groups is 1. The minimum Gasteiger partial charge on any atom is -0.368 e. The van der Waals surface area contributed by atoms with Crippen LogP contribution >= 0.6 is 11.6 Å². The van der Waals surface area contributed by atoms with Gasteiger partial charge >= 0.3 is 6.18 Å². The number of likely N-dealkylation sites (N-methyl/N-ethyl adjacent to an activating group) is 1. The molecular weight excluding hydrogens is 261 g/mol. The van der Waals surface area contributed by atoms with Crippen molar-refractivity contribution in [3.63, 3.8) is 0 Å². The van der Waals surface area contributed by atoms with Gasteiger partial charge in [0.15, 0.2) is 0 Å². The highest BCUT2D eigenvalue weighted by atomic mass is 35.5. The lowest BCUT2D eigenvalue weighted by Crippen LogP contribution is -2.31. The van der Waals surface area contributed by atoms with Crippen molar-refractivity contribution in [1.29, 1.82) is 0 Å². The van der Waals surface area contributed by atoms with Gasteiger partial charge in [0.1, 0.15) is 11.0 Å². The van der Waals surface area contributed by atoms with E-state index in [1.807, 2.05) is 0 Å². The fourth-order valence-electron chi connectivity index (χ4n) is 1.04. The van der Waals surface area contributed by atoms with Gasteiger partial charge in [-0.2, -0.15) is 13.2 Å². The molecule has 0 aromatic carbocycles. The van der Waals surface area contributed by atoms with Crippen LogP contribution in [0.1, 0.15) is 5.82 Å². The molecule has 17 heavy (non-hydrogen) atoms. The van der Waals surface area contributed by atoms with Gasteiger partial charge in [-0.15, -0.1) is 0 Å². The summed E-state index contributed by atoms with van der Waals surface area (Å²) in [6, 6.07) is 1.11. The van der Waals surface area contributed by atoms with E-state index in [1.54, 1.807) is 0 Å². The lowest BCUT2D eigenvalue weighted by molar-refractivity contribution is -0.144. The van der Waals surface area contributed by atoms with E-state index in [9.17, 15) is 18.0 Å². The summed E-state index contributed by atoms with van der Waals surface area (Å²) >= 11 is 5.44. The number of nitrogens with two attached hydrogens (primary N) is 1. The molecule has 0 atom stereocenters. The van der Waals surface area contributed by atoms with E-state index in [0.717, 1.165) is 11.0 Å². The van der Waals surface area contributed by atoms with Crippen LogP contribution in [-0.2, 0) is 11.0 Å². The summed E-state index contributed by atoms with van der Waals surface area (Å²) in [5, 5.41) is -0.362. The minimum atomic E-state index is -4.70. The maximum Gasteiger partial charge on any atom is 0.451 e. The molecule has 0 bridgehead atoms. The van der Waals surface area contributed by atoms with E-state index in [4.69, 9.17) is 17.3 Å². The Kier molecular flexibility index (Phi) is 3.76. The predicted molar refractivity (Wildman–Crippen MR) is 54.5 cm³/mol. The molecule has 0 aliphatic heterocycles. The van der Waals surface area contributed by atoms with Crippen LogP contribution in [-0.4, -0.2) is 29.5 Å². The number of halogens is 4. The second-order valence-corrected chi connectivity index (χ2v) is 3.58. The van der Waals surface area contributed by atoms with Crippen LogP contribution in [0.3, 0.4) is 0 Å². The Morgan fingerprint density at radius 1 is 1.53 bits per heavy atom. The van der Waals surface area contributed by atoms with Crippen LogP contribution in [0.5, 0.6) is 0 Å². The summed E-state index contributed by atoms with van der Waals surface area (Å²) in [6.45, 7) is -0.273. The number of carbonyl (C=O) groups excluding carboxylic acids is 1. The summed E-state index contributed by atoms with van der Waals surface area (Å²) in [6.07, 6.45) is -4.70. The van der Waals surface area contributed by atoms with Gasteiger partial charge in [-0.3, -0.25) is 4.79 Å². The molecule has 1 aromatic heterocycles. The minimum absolute atomic E-state index is 0.129. The average Bonchev–Trinajstić information content (AvgIpc) is 2.14. The van der Waals surface area contributed by atoms with Crippen LogP contribution in [0, 0.1) is 0 Å². The molecule has 5 nitrogen and oxygen atoms in total. The summed E-state index contributed by atoms with van der Waals surface area (Å²) in [7, 11) is 1.36. The fraction of sp³-hybridized carbons (Fsp3) is 0.375. The molecule has 0 fully saturated rings. The summed E-state index contributed by atoms with van der Waals surface area (Å²) in [4.78, 5) is 18.1. The molecule has 0 aliphatic carbocycles. The van der Waals surface area contributed by atoms with Crippen molar-refractivity contribution in [3.05, 3.63) is 17.0 Å². The van der Waals surface area contributed by atoms with Gasteiger partial charge in [-0.05, 0) is 0 Å². The second-order valence-electron chi connectivity index (χ2n) is 3.19. The second kappa shape index (κ2) is 4.74.